The number of carbonyl (C=O) groups is 1. The van der Waals surface area contributed by atoms with Crippen molar-refractivity contribution in [3.8, 4) is 11.3 Å². The van der Waals surface area contributed by atoms with Gasteiger partial charge in [-0.25, -0.2) is 9.78 Å². The van der Waals surface area contributed by atoms with Gasteiger partial charge in [0.15, 0.2) is 5.65 Å². The Labute approximate surface area is 202 Å². The van der Waals surface area contributed by atoms with E-state index in [2.05, 4.69) is 49.9 Å². The Morgan fingerprint density at radius 1 is 1.06 bits per heavy atom. The van der Waals surface area contributed by atoms with Crippen molar-refractivity contribution in [2.45, 2.75) is 47.7 Å². The predicted octanol–water partition coefficient (Wildman–Crippen LogP) is 3.75. The number of imidazole rings is 1. The summed E-state index contributed by atoms with van der Waals surface area (Å²) in [5.74, 6) is 0.298. The van der Waals surface area contributed by atoms with E-state index in [-0.39, 0.29) is 22.9 Å². The lowest BCUT2D eigenvalue weighted by Gasteiger charge is -2.35. The number of nitrogens with zero attached hydrogens (tertiary/aromatic N) is 5. The molecule has 182 valence electrons. The van der Waals surface area contributed by atoms with Crippen molar-refractivity contribution in [3.63, 3.8) is 0 Å². The standard InChI is InChI=1S/C27H37N5O2/c1-19(2)25(33)31-14-12-30(13-15-31)17-20-8-7-9-21(16-20)22-10-11-23-24(28-22)29(6)26(34)32(23)18-27(3,4)5/h7-11,16,19H,12-15,17-18H2,1-6H3. The van der Waals surface area contributed by atoms with Gasteiger partial charge < -0.3 is 4.90 Å². The summed E-state index contributed by atoms with van der Waals surface area (Å²) in [5.41, 5.74) is 4.69. The molecule has 7 heteroatoms. The van der Waals surface area contributed by atoms with Crippen LogP contribution in [0.1, 0.15) is 40.2 Å². The van der Waals surface area contributed by atoms with Crippen LogP contribution in [0.3, 0.4) is 0 Å². The maximum absolute atomic E-state index is 12.8. The lowest BCUT2D eigenvalue weighted by atomic mass is 9.97. The van der Waals surface area contributed by atoms with Crippen molar-refractivity contribution < 1.29 is 4.79 Å². The Morgan fingerprint density at radius 2 is 1.76 bits per heavy atom. The molecule has 3 aromatic rings. The first-order valence-electron chi connectivity index (χ1n) is 12.2. The van der Waals surface area contributed by atoms with E-state index >= 15 is 0 Å². The van der Waals surface area contributed by atoms with Gasteiger partial charge in [-0.1, -0.05) is 52.8 Å². The van der Waals surface area contributed by atoms with Crippen LogP contribution in [0.25, 0.3) is 22.4 Å². The lowest BCUT2D eigenvalue weighted by Crippen LogP contribution is -2.49. The molecule has 0 atom stereocenters. The van der Waals surface area contributed by atoms with Gasteiger partial charge in [-0.2, -0.15) is 0 Å². The summed E-state index contributed by atoms with van der Waals surface area (Å²) >= 11 is 0. The molecule has 7 nitrogen and oxygen atoms in total. The largest absolute Gasteiger partial charge is 0.340 e. The van der Waals surface area contributed by atoms with Crippen LogP contribution < -0.4 is 5.69 Å². The van der Waals surface area contributed by atoms with Crippen LogP contribution in [-0.2, 0) is 24.9 Å². The minimum atomic E-state index is -0.0292. The van der Waals surface area contributed by atoms with Crippen molar-refractivity contribution in [1.82, 2.24) is 23.9 Å². The molecule has 0 saturated carbocycles. The summed E-state index contributed by atoms with van der Waals surface area (Å²) in [7, 11) is 1.79. The summed E-state index contributed by atoms with van der Waals surface area (Å²) < 4.78 is 3.47. The first-order valence-corrected chi connectivity index (χ1v) is 12.2. The van der Waals surface area contributed by atoms with Crippen LogP contribution in [-0.4, -0.2) is 56.0 Å². The second kappa shape index (κ2) is 9.37. The highest BCUT2D eigenvalue weighted by Gasteiger charge is 2.23. The van der Waals surface area contributed by atoms with Crippen molar-refractivity contribution >= 4 is 17.1 Å². The summed E-state index contributed by atoms with van der Waals surface area (Å²) in [6, 6.07) is 12.5. The third kappa shape index (κ3) is 5.09. The molecule has 1 aliphatic heterocycles. The molecule has 2 aromatic heterocycles. The number of benzene rings is 1. The van der Waals surface area contributed by atoms with Crippen molar-refractivity contribution in [3.05, 3.63) is 52.4 Å². The number of aryl methyl sites for hydroxylation is 1. The van der Waals surface area contributed by atoms with Gasteiger partial charge in [0.2, 0.25) is 5.91 Å². The van der Waals surface area contributed by atoms with Gasteiger partial charge in [-0.15, -0.1) is 0 Å². The summed E-state index contributed by atoms with van der Waals surface area (Å²) in [6.07, 6.45) is 0. The minimum absolute atomic E-state index is 0.00132. The molecule has 0 bridgehead atoms. The number of carbonyl (C=O) groups excluding carboxylic acids is 1. The van der Waals surface area contributed by atoms with E-state index in [1.165, 1.54) is 5.56 Å². The van der Waals surface area contributed by atoms with Crippen LogP contribution in [0.15, 0.2) is 41.2 Å². The molecule has 34 heavy (non-hydrogen) atoms. The maximum atomic E-state index is 12.8. The molecule has 3 heterocycles. The topological polar surface area (TPSA) is 63.4 Å². The van der Waals surface area contributed by atoms with Gasteiger partial charge in [0.1, 0.15) is 0 Å². The van der Waals surface area contributed by atoms with E-state index in [4.69, 9.17) is 4.98 Å². The fourth-order valence-electron chi connectivity index (χ4n) is 4.64. The van der Waals surface area contributed by atoms with E-state index in [1.54, 1.807) is 11.6 Å². The number of rotatable bonds is 5. The number of amides is 1. The predicted molar refractivity (Wildman–Crippen MR) is 137 cm³/mol. The minimum Gasteiger partial charge on any atom is -0.340 e. The first kappa shape index (κ1) is 24.2. The number of aromatic nitrogens is 3. The molecular weight excluding hydrogens is 426 g/mol. The van der Waals surface area contributed by atoms with Gasteiger partial charge in [-0.3, -0.25) is 18.8 Å². The summed E-state index contributed by atoms with van der Waals surface area (Å²) in [6.45, 7) is 15.2. The highest BCUT2D eigenvalue weighted by Crippen LogP contribution is 2.24. The van der Waals surface area contributed by atoms with E-state index < -0.39 is 0 Å². The zero-order chi connectivity index (χ0) is 24.6. The fraction of sp³-hybridized carbons (Fsp3) is 0.519. The molecule has 0 spiro atoms. The SMILES string of the molecule is CC(C)C(=O)N1CCN(Cc2cccc(-c3ccc4c(n3)n(C)c(=O)n4CC(C)(C)C)c2)CC1. The molecule has 0 unspecified atom stereocenters. The highest BCUT2D eigenvalue weighted by atomic mass is 16.2. The Balaban J connectivity index is 1.53. The normalized spacial score (nSPS) is 15.4. The van der Waals surface area contributed by atoms with Gasteiger partial charge >= 0.3 is 5.69 Å². The van der Waals surface area contributed by atoms with E-state index in [0.29, 0.717) is 12.2 Å². The van der Waals surface area contributed by atoms with Crippen molar-refractivity contribution in [2.24, 2.45) is 18.4 Å². The third-order valence-corrected chi connectivity index (χ3v) is 6.42. The molecule has 0 radical (unpaired) electrons. The number of pyridine rings is 1. The second-order valence-electron chi connectivity index (χ2n) is 11.0. The monoisotopic (exact) mass is 463 g/mol. The van der Waals surface area contributed by atoms with Gasteiger partial charge in [0.25, 0.3) is 0 Å². The van der Waals surface area contributed by atoms with Crippen LogP contribution in [0.4, 0.5) is 0 Å². The molecule has 1 amide bonds. The molecule has 0 N–H and O–H groups in total. The molecule has 1 aliphatic rings. The van der Waals surface area contributed by atoms with Crippen molar-refractivity contribution in [2.75, 3.05) is 26.2 Å². The van der Waals surface area contributed by atoms with E-state index in [0.717, 1.165) is 49.5 Å². The number of hydrogen-bond acceptors (Lipinski definition) is 4. The van der Waals surface area contributed by atoms with Crippen LogP contribution in [0, 0.1) is 11.3 Å². The van der Waals surface area contributed by atoms with Crippen LogP contribution >= 0.6 is 0 Å². The second-order valence-corrected chi connectivity index (χ2v) is 11.0. The highest BCUT2D eigenvalue weighted by molar-refractivity contribution is 5.78. The molecular formula is C27H37N5O2. The molecule has 1 fully saturated rings. The third-order valence-electron chi connectivity index (χ3n) is 6.42. The van der Waals surface area contributed by atoms with Gasteiger partial charge in [0, 0.05) is 57.8 Å². The number of piperazine rings is 1. The summed E-state index contributed by atoms with van der Waals surface area (Å²) in [5, 5.41) is 0. The first-order chi connectivity index (χ1) is 16.0. The zero-order valence-electron chi connectivity index (χ0n) is 21.3. The smallest absolute Gasteiger partial charge is 0.330 e. The number of hydrogen-bond donors (Lipinski definition) is 0. The molecule has 1 saturated heterocycles. The fourth-order valence-corrected chi connectivity index (χ4v) is 4.64. The van der Waals surface area contributed by atoms with E-state index in [9.17, 15) is 9.59 Å². The quantitative estimate of drug-likeness (QED) is 0.578. The lowest BCUT2D eigenvalue weighted by molar-refractivity contribution is -0.136. The Bertz CT molecular complexity index is 1240. The van der Waals surface area contributed by atoms with Crippen LogP contribution in [0.2, 0.25) is 0 Å². The molecule has 1 aromatic carbocycles. The Hall–Kier alpha value is -2.93. The zero-order valence-corrected chi connectivity index (χ0v) is 21.3. The average molecular weight is 464 g/mol. The van der Waals surface area contributed by atoms with Crippen LogP contribution in [0.5, 0.6) is 0 Å². The van der Waals surface area contributed by atoms with Gasteiger partial charge in [0.05, 0.1) is 11.2 Å². The molecule has 0 aliphatic carbocycles. The Kier molecular flexibility index (Phi) is 6.67. The van der Waals surface area contributed by atoms with E-state index in [1.807, 2.05) is 35.4 Å². The summed E-state index contributed by atoms with van der Waals surface area (Å²) in [4.78, 5) is 34.3. The van der Waals surface area contributed by atoms with Gasteiger partial charge in [-0.05, 0) is 29.2 Å². The average Bonchev–Trinajstić information content (AvgIpc) is 3.02. The maximum Gasteiger partial charge on any atom is 0.330 e. The molecule has 4 rings (SSSR count). The van der Waals surface area contributed by atoms with Crippen molar-refractivity contribution in [1.29, 1.82) is 0 Å². The number of fused-ring (bicyclic) bond motifs is 1. The Morgan fingerprint density at radius 3 is 2.41 bits per heavy atom.